The lowest BCUT2D eigenvalue weighted by Crippen LogP contribution is -2.46. The Morgan fingerprint density at radius 2 is 2.00 bits per heavy atom. The van der Waals surface area contributed by atoms with Crippen LogP contribution in [-0.4, -0.2) is 62.2 Å². The Kier molecular flexibility index (Phi) is 4.00. The standard InChI is InChI=1S/C12H25N3/c1-14-8-6-11(10-14)13-9-12-5-3-4-7-15(12)2/h11-13H,3-10H2,1-2H3. The second-order valence-electron chi connectivity index (χ2n) is 5.29. The highest BCUT2D eigenvalue weighted by Crippen LogP contribution is 2.15. The van der Waals surface area contributed by atoms with Gasteiger partial charge in [0.05, 0.1) is 0 Å². The molecule has 2 unspecified atom stereocenters. The fraction of sp³-hybridized carbons (Fsp3) is 1.00. The molecule has 0 aromatic carbocycles. The second-order valence-corrected chi connectivity index (χ2v) is 5.29. The fourth-order valence-electron chi connectivity index (χ4n) is 2.81. The molecule has 1 N–H and O–H groups in total. The monoisotopic (exact) mass is 211 g/mol. The molecule has 0 saturated carbocycles. The molecule has 0 aliphatic carbocycles. The molecule has 3 nitrogen and oxygen atoms in total. The van der Waals surface area contributed by atoms with E-state index in [0.29, 0.717) is 0 Å². The average Bonchev–Trinajstić information content (AvgIpc) is 2.63. The van der Waals surface area contributed by atoms with E-state index in [1.165, 1.54) is 51.9 Å². The van der Waals surface area contributed by atoms with Crippen LogP contribution in [0.15, 0.2) is 0 Å². The predicted molar refractivity (Wildman–Crippen MR) is 64.2 cm³/mol. The molecule has 15 heavy (non-hydrogen) atoms. The zero-order chi connectivity index (χ0) is 10.7. The summed E-state index contributed by atoms with van der Waals surface area (Å²) in [4.78, 5) is 4.94. The molecule has 2 atom stereocenters. The SMILES string of the molecule is CN1CCC(NCC2CCCCN2C)C1. The van der Waals surface area contributed by atoms with Crippen molar-refractivity contribution in [3.05, 3.63) is 0 Å². The Morgan fingerprint density at radius 3 is 2.67 bits per heavy atom. The molecule has 2 rings (SSSR count). The third-order valence-corrected chi connectivity index (χ3v) is 3.96. The zero-order valence-electron chi connectivity index (χ0n) is 10.2. The third kappa shape index (κ3) is 3.16. The van der Waals surface area contributed by atoms with E-state index < -0.39 is 0 Å². The van der Waals surface area contributed by atoms with E-state index in [1.807, 2.05) is 0 Å². The number of nitrogens with zero attached hydrogens (tertiary/aromatic N) is 2. The van der Waals surface area contributed by atoms with Crippen LogP contribution in [0.4, 0.5) is 0 Å². The zero-order valence-corrected chi connectivity index (χ0v) is 10.2. The van der Waals surface area contributed by atoms with Crippen LogP contribution in [0.5, 0.6) is 0 Å². The van der Waals surface area contributed by atoms with Crippen molar-refractivity contribution in [3.63, 3.8) is 0 Å². The van der Waals surface area contributed by atoms with Crippen molar-refractivity contribution in [2.75, 3.05) is 40.3 Å². The van der Waals surface area contributed by atoms with Crippen LogP contribution in [0.1, 0.15) is 25.7 Å². The molecule has 0 amide bonds. The Hall–Kier alpha value is -0.120. The number of likely N-dealkylation sites (tertiary alicyclic amines) is 2. The van der Waals surface area contributed by atoms with Crippen molar-refractivity contribution in [1.29, 1.82) is 0 Å². The van der Waals surface area contributed by atoms with Gasteiger partial charge >= 0.3 is 0 Å². The molecule has 0 radical (unpaired) electrons. The molecule has 0 aromatic heterocycles. The van der Waals surface area contributed by atoms with Gasteiger partial charge in [0.1, 0.15) is 0 Å². The maximum absolute atomic E-state index is 3.73. The first-order chi connectivity index (χ1) is 7.25. The van der Waals surface area contributed by atoms with Gasteiger partial charge in [-0.25, -0.2) is 0 Å². The molecule has 2 heterocycles. The topological polar surface area (TPSA) is 18.5 Å². The predicted octanol–water partition coefficient (Wildman–Crippen LogP) is 0.764. The lowest BCUT2D eigenvalue weighted by Gasteiger charge is -2.33. The summed E-state index contributed by atoms with van der Waals surface area (Å²) < 4.78 is 0. The summed E-state index contributed by atoms with van der Waals surface area (Å²) in [6, 6.07) is 1.52. The van der Waals surface area contributed by atoms with E-state index in [9.17, 15) is 0 Å². The summed E-state index contributed by atoms with van der Waals surface area (Å²) in [5.74, 6) is 0. The summed E-state index contributed by atoms with van der Waals surface area (Å²) in [5.41, 5.74) is 0. The molecule has 0 bridgehead atoms. The Labute approximate surface area is 93.8 Å². The van der Waals surface area contributed by atoms with Crippen molar-refractivity contribution in [3.8, 4) is 0 Å². The molecule has 2 aliphatic rings. The molecule has 0 spiro atoms. The Morgan fingerprint density at radius 1 is 1.13 bits per heavy atom. The van der Waals surface area contributed by atoms with Crippen molar-refractivity contribution in [2.24, 2.45) is 0 Å². The summed E-state index contributed by atoms with van der Waals surface area (Å²) in [7, 11) is 4.49. The van der Waals surface area contributed by atoms with Gasteiger partial charge in [0.15, 0.2) is 0 Å². The minimum Gasteiger partial charge on any atom is -0.311 e. The molecule has 2 saturated heterocycles. The summed E-state index contributed by atoms with van der Waals surface area (Å²) in [5, 5.41) is 3.73. The fourth-order valence-corrected chi connectivity index (χ4v) is 2.81. The first-order valence-electron chi connectivity index (χ1n) is 6.38. The third-order valence-electron chi connectivity index (χ3n) is 3.96. The number of piperidine rings is 1. The van der Waals surface area contributed by atoms with Gasteiger partial charge in [-0.1, -0.05) is 6.42 Å². The highest BCUT2D eigenvalue weighted by molar-refractivity contribution is 4.83. The Balaban J connectivity index is 1.68. The number of likely N-dealkylation sites (N-methyl/N-ethyl adjacent to an activating group) is 2. The molecule has 2 fully saturated rings. The van der Waals surface area contributed by atoms with Crippen LogP contribution in [0.25, 0.3) is 0 Å². The minimum atomic E-state index is 0.741. The van der Waals surface area contributed by atoms with E-state index in [1.54, 1.807) is 0 Å². The van der Waals surface area contributed by atoms with Crippen molar-refractivity contribution in [1.82, 2.24) is 15.1 Å². The molecular weight excluding hydrogens is 186 g/mol. The summed E-state index contributed by atoms with van der Waals surface area (Å²) in [6.45, 7) is 4.97. The van der Waals surface area contributed by atoms with Gasteiger partial charge in [-0.3, -0.25) is 0 Å². The van der Waals surface area contributed by atoms with Crippen LogP contribution < -0.4 is 5.32 Å². The molecular formula is C12H25N3. The van der Waals surface area contributed by atoms with Crippen LogP contribution in [-0.2, 0) is 0 Å². The lowest BCUT2D eigenvalue weighted by molar-refractivity contribution is 0.178. The number of nitrogens with one attached hydrogen (secondary N) is 1. The van der Waals surface area contributed by atoms with E-state index in [2.05, 4.69) is 29.2 Å². The molecule has 88 valence electrons. The quantitative estimate of drug-likeness (QED) is 0.744. The van der Waals surface area contributed by atoms with Crippen LogP contribution >= 0.6 is 0 Å². The average molecular weight is 211 g/mol. The minimum absolute atomic E-state index is 0.741. The first kappa shape index (κ1) is 11.4. The van der Waals surface area contributed by atoms with Gasteiger partial charge in [0.2, 0.25) is 0 Å². The van der Waals surface area contributed by atoms with Gasteiger partial charge in [0.25, 0.3) is 0 Å². The lowest BCUT2D eigenvalue weighted by atomic mass is 10.0. The maximum Gasteiger partial charge on any atom is 0.0217 e. The van der Waals surface area contributed by atoms with E-state index in [0.717, 1.165) is 12.1 Å². The largest absolute Gasteiger partial charge is 0.311 e. The van der Waals surface area contributed by atoms with Gasteiger partial charge < -0.3 is 15.1 Å². The van der Waals surface area contributed by atoms with Gasteiger partial charge in [-0.05, 0) is 46.4 Å². The smallest absolute Gasteiger partial charge is 0.0217 e. The molecule has 0 aromatic rings. The van der Waals surface area contributed by atoms with Crippen LogP contribution in [0, 0.1) is 0 Å². The van der Waals surface area contributed by atoms with Crippen molar-refractivity contribution >= 4 is 0 Å². The van der Waals surface area contributed by atoms with Gasteiger partial charge in [-0.2, -0.15) is 0 Å². The van der Waals surface area contributed by atoms with Crippen molar-refractivity contribution in [2.45, 2.75) is 37.8 Å². The highest BCUT2D eigenvalue weighted by atomic mass is 15.2. The van der Waals surface area contributed by atoms with E-state index in [-0.39, 0.29) is 0 Å². The maximum atomic E-state index is 3.73. The number of hydrogen-bond acceptors (Lipinski definition) is 3. The number of rotatable bonds is 3. The second kappa shape index (κ2) is 5.28. The van der Waals surface area contributed by atoms with Crippen LogP contribution in [0.2, 0.25) is 0 Å². The first-order valence-corrected chi connectivity index (χ1v) is 6.38. The van der Waals surface area contributed by atoms with Gasteiger partial charge in [0, 0.05) is 25.2 Å². The Bertz CT molecular complexity index is 195. The number of hydrogen-bond donors (Lipinski definition) is 1. The molecule has 2 aliphatic heterocycles. The van der Waals surface area contributed by atoms with Crippen LogP contribution in [0.3, 0.4) is 0 Å². The van der Waals surface area contributed by atoms with Gasteiger partial charge in [-0.15, -0.1) is 0 Å². The summed E-state index contributed by atoms with van der Waals surface area (Å²) in [6.07, 6.45) is 5.51. The van der Waals surface area contributed by atoms with Crippen molar-refractivity contribution < 1.29 is 0 Å². The molecule has 3 heteroatoms. The van der Waals surface area contributed by atoms with E-state index >= 15 is 0 Å². The highest BCUT2D eigenvalue weighted by Gasteiger charge is 2.22. The van der Waals surface area contributed by atoms with E-state index in [4.69, 9.17) is 0 Å². The summed E-state index contributed by atoms with van der Waals surface area (Å²) >= 11 is 0. The normalized spacial score (nSPS) is 34.8.